The van der Waals surface area contributed by atoms with Crippen molar-refractivity contribution in [1.82, 2.24) is 5.32 Å². The molecule has 1 aromatic rings. The van der Waals surface area contributed by atoms with E-state index >= 15 is 0 Å². The molecule has 104 valence electrons. The third-order valence-electron chi connectivity index (χ3n) is 2.23. The maximum atomic E-state index is 11.9. The molecular weight excluding hydrogens is 270 g/mol. The van der Waals surface area contributed by atoms with E-state index in [9.17, 15) is 18.0 Å². The van der Waals surface area contributed by atoms with Crippen molar-refractivity contribution in [2.75, 3.05) is 5.75 Å². The second-order valence-electron chi connectivity index (χ2n) is 4.31. The van der Waals surface area contributed by atoms with Crippen LogP contribution in [0.15, 0.2) is 29.2 Å². The second-order valence-corrected chi connectivity index (χ2v) is 6.30. The minimum atomic E-state index is -3.75. The van der Waals surface area contributed by atoms with E-state index in [1.54, 1.807) is 13.8 Å². The number of carboxylic acids is 1. The number of hydrogen-bond donors (Lipinski definition) is 2. The van der Waals surface area contributed by atoms with Crippen LogP contribution in [0.5, 0.6) is 0 Å². The first kappa shape index (κ1) is 15.2. The summed E-state index contributed by atoms with van der Waals surface area (Å²) in [5.74, 6) is -2.38. The first-order valence-corrected chi connectivity index (χ1v) is 7.23. The molecule has 7 heteroatoms. The first-order chi connectivity index (χ1) is 8.72. The Morgan fingerprint density at radius 1 is 1.21 bits per heavy atom. The molecule has 1 rings (SSSR count). The van der Waals surface area contributed by atoms with Crippen molar-refractivity contribution in [2.45, 2.75) is 24.8 Å². The van der Waals surface area contributed by atoms with Crippen LogP contribution in [0.4, 0.5) is 0 Å². The maximum absolute atomic E-state index is 11.9. The number of sulfone groups is 1. The van der Waals surface area contributed by atoms with Gasteiger partial charge in [-0.3, -0.25) is 4.79 Å². The summed E-state index contributed by atoms with van der Waals surface area (Å²) in [6, 6.07) is 4.60. The van der Waals surface area contributed by atoms with E-state index in [-0.39, 0.29) is 16.5 Å². The number of benzene rings is 1. The summed E-state index contributed by atoms with van der Waals surface area (Å²) in [6.07, 6.45) is 0. The fourth-order valence-corrected chi connectivity index (χ4v) is 2.57. The number of nitrogens with one attached hydrogen (secondary N) is 1. The standard InChI is InChI=1S/C12H15NO5S/c1-8(2)13-11(14)7-19(17,18)10-5-3-9(4-6-10)12(15)16/h3-6,8H,7H2,1-2H3,(H,13,14)(H,15,16). The number of rotatable bonds is 5. The van der Waals surface area contributed by atoms with E-state index in [1.807, 2.05) is 0 Å². The normalized spacial score (nSPS) is 11.3. The minimum absolute atomic E-state index is 0.00872. The highest BCUT2D eigenvalue weighted by Crippen LogP contribution is 2.12. The molecule has 0 atom stereocenters. The van der Waals surface area contributed by atoms with E-state index in [1.165, 1.54) is 24.3 Å². The first-order valence-electron chi connectivity index (χ1n) is 5.58. The number of carboxylic acid groups (broad SMARTS) is 1. The lowest BCUT2D eigenvalue weighted by molar-refractivity contribution is -0.119. The van der Waals surface area contributed by atoms with Crippen molar-refractivity contribution >= 4 is 21.7 Å². The van der Waals surface area contributed by atoms with E-state index in [2.05, 4.69) is 5.32 Å². The summed E-state index contributed by atoms with van der Waals surface area (Å²) >= 11 is 0. The molecule has 0 saturated carbocycles. The van der Waals surface area contributed by atoms with E-state index in [0.717, 1.165) is 0 Å². The predicted molar refractivity (Wildman–Crippen MR) is 68.7 cm³/mol. The van der Waals surface area contributed by atoms with Crippen molar-refractivity contribution in [1.29, 1.82) is 0 Å². The zero-order chi connectivity index (χ0) is 14.6. The fraction of sp³-hybridized carbons (Fsp3) is 0.333. The Kier molecular flexibility index (Phi) is 4.66. The number of amides is 1. The van der Waals surface area contributed by atoms with Gasteiger partial charge in [0.05, 0.1) is 10.5 Å². The summed E-state index contributed by atoms with van der Waals surface area (Å²) < 4.78 is 23.8. The molecule has 2 N–H and O–H groups in total. The van der Waals surface area contributed by atoms with Gasteiger partial charge >= 0.3 is 5.97 Å². The Hall–Kier alpha value is -1.89. The molecule has 0 unspecified atom stereocenters. The molecular formula is C12H15NO5S. The van der Waals surface area contributed by atoms with Crippen LogP contribution >= 0.6 is 0 Å². The second kappa shape index (κ2) is 5.83. The van der Waals surface area contributed by atoms with Gasteiger partial charge in [0.25, 0.3) is 0 Å². The molecule has 6 nitrogen and oxygen atoms in total. The third-order valence-corrected chi connectivity index (χ3v) is 3.86. The highest BCUT2D eigenvalue weighted by molar-refractivity contribution is 7.92. The lowest BCUT2D eigenvalue weighted by Gasteiger charge is -2.09. The van der Waals surface area contributed by atoms with Gasteiger partial charge in [0.2, 0.25) is 5.91 Å². The molecule has 1 amide bonds. The molecule has 19 heavy (non-hydrogen) atoms. The number of carbonyl (C=O) groups excluding carboxylic acids is 1. The van der Waals surface area contributed by atoms with Gasteiger partial charge < -0.3 is 10.4 Å². The quantitative estimate of drug-likeness (QED) is 0.828. The van der Waals surface area contributed by atoms with Crippen LogP contribution in [0.3, 0.4) is 0 Å². The van der Waals surface area contributed by atoms with Gasteiger partial charge in [0, 0.05) is 6.04 Å². The Labute approximate surface area is 111 Å². The molecule has 0 radical (unpaired) electrons. The fourth-order valence-electron chi connectivity index (χ4n) is 1.42. The van der Waals surface area contributed by atoms with E-state index in [0.29, 0.717) is 0 Å². The lowest BCUT2D eigenvalue weighted by Crippen LogP contribution is -2.35. The van der Waals surface area contributed by atoms with Crippen LogP contribution in [-0.4, -0.2) is 37.2 Å². The molecule has 0 bridgehead atoms. The largest absolute Gasteiger partial charge is 0.478 e. The van der Waals surface area contributed by atoms with Gasteiger partial charge in [-0.1, -0.05) is 0 Å². The summed E-state index contributed by atoms with van der Waals surface area (Å²) in [7, 11) is -3.75. The van der Waals surface area contributed by atoms with Crippen LogP contribution in [0.1, 0.15) is 24.2 Å². The van der Waals surface area contributed by atoms with Gasteiger partial charge in [-0.05, 0) is 38.1 Å². The van der Waals surface area contributed by atoms with Crippen LogP contribution in [0.25, 0.3) is 0 Å². The topological polar surface area (TPSA) is 101 Å². The van der Waals surface area contributed by atoms with Gasteiger partial charge in [0.1, 0.15) is 5.75 Å². The predicted octanol–water partition coefficient (Wildman–Crippen LogP) is 0.683. The van der Waals surface area contributed by atoms with Gasteiger partial charge in [0.15, 0.2) is 9.84 Å². The van der Waals surface area contributed by atoms with Crippen molar-refractivity contribution < 1.29 is 23.1 Å². The Balaban J connectivity index is 2.88. The average Bonchev–Trinajstić information content (AvgIpc) is 2.27. The number of aromatic carboxylic acids is 1. The molecule has 0 spiro atoms. The Morgan fingerprint density at radius 2 is 1.74 bits per heavy atom. The summed E-state index contributed by atoms with van der Waals surface area (Å²) in [5, 5.41) is 11.2. The minimum Gasteiger partial charge on any atom is -0.478 e. The van der Waals surface area contributed by atoms with Gasteiger partial charge in [-0.2, -0.15) is 0 Å². The van der Waals surface area contributed by atoms with Crippen molar-refractivity contribution in [3.05, 3.63) is 29.8 Å². The molecule has 0 aliphatic heterocycles. The van der Waals surface area contributed by atoms with Crippen LogP contribution in [0.2, 0.25) is 0 Å². The molecule has 0 aromatic heterocycles. The molecule has 0 fully saturated rings. The van der Waals surface area contributed by atoms with Gasteiger partial charge in [-0.15, -0.1) is 0 Å². The van der Waals surface area contributed by atoms with Gasteiger partial charge in [-0.25, -0.2) is 13.2 Å². The van der Waals surface area contributed by atoms with Crippen LogP contribution in [0, 0.1) is 0 Å². The summed E-state index contributed by atoms with van der Waals surface area (Å²) in [6.45, 7) is 3.46. The zero-order valence-corrected chi connectivity index (χ0v) is 11.4. The maximum Gasteiger partial charge on any atom is 0.335 e. The highest BCUT2D eigenvalue weighted by atomic mass is 32.2. The molecule has 0 saturated heterocycles. The molecule has 0 aliphatic rings. The molecule has 0 aliphatic carbocycles. The summed E-state index contributed by atoms with van der Waals surface area (Å²) in [5.41, 5.74) is -0.00872. The SMILES string of the molecule is CC(C)NC(=O)CS(=O)(=O)c1ccc(C(=O)O)cc1. The van der Waals surface area contributed by atoms with E-state index < -0.39 is 27.5 Å². The third kappa shape index (κ3) is 4.36. The summed E-state index contributed by atoms with van der Waals surface area (Å²) in [4.78, 5) is 22.0. The Bertz CT molecular complexity index is 575. The average molecular weight is 285 g/mol. The van der Waals surface area contributed by atoms with Crippen LogP contribution < -0.4 is 5.32 Å². The Morgan fingerprint density at radius 3 is 2.16 bits per heavy atom. The zero-order valence-electron chi connectivity index (χ0n) is 10.6. The molecule has 0 heterocycles. The smallest absolute Gasteiger partial charge is 0.335 e. The van der Waals surface area contributed by atoms with E-state index in [4.69, 9.17) is 5.11 Å². The number of hydrogen-bond acceptors (Lipinski definition) is 4. The monoisotopic (exact) mass is 285 g/mol. The van der Waals surface area contributed by atoms with Crippen molar-refractivity contribution in [2.24, 2.45) is 0 Å². The molecule has 1 aromatic carbocycles. The van der Waals surface area contributed by atoms with Crippen molar-refractivity contribution in [3.8, 4) is 0 Å². The lowest BCUT2D eigenvalue weighted by atomic mass is 10.2. The van der Waals surface area contributed by atoms with Crippen molar-refractivity contribution in [3.63, 3.8) is 0 Å². The van der Waals surface area contributed by atoms with Crippen LogP contribution in [-0.2, 0) is 14.6 Å². The highest BCUT2D eigenvalue weighted by Gasteiger charge is 2.20. The number of carbonyl (C=O) groups is 2.